The molecular weight excluding hydrogens is 840 g/mol. The van der Waals surface area contributed by atoms with Crippen LogP contribution in [0.5, 0.6) is 0 Å². The molecule has 4 fully saturated rings. The summed E-state index contributed by atoms with van der Waals surface area (Å²) in [6, 6.07) is -0.708. The van der Waals surface area contributed by atoms with Crippen molar-refractivity contribution >= 4 is 11.9 Å². The second-order valence-corrected chi connectivity index (χ2v) is 19.5. The fourth-order valence-corrected chi connectivity index (χ4v) is 10.9. The first kappa shape index (κ1) is 46.0. The van der Waals surface area contributed by atoms with Crippen LogP contribution in [0.25, 0.3) is 0 Å². The Morgan fingerprint density at radius 1 is 0.969 bits per heavy atom. The summed E-state index contributed by atoms with van der Waals surface area (Å²) in [5.41, 5.74) is 0.0180. The van der Waals surface area contributed by atoms with Gasteiger partial charge in [0.05, 0.1) is 55.4 Å². The van der Waals surface area contributed by atoms with Crippen LogP contribution in [-0.4, -0.2) is 140 Å². The van der Waals surface area contributed by atoms with Gasteiger partial charge in [-0.1, -0.05) is 70.6 Å². The van der Waals surface area contributed by atoms with E-state index >= 15 is 0 Å². The number of ether oxygens (including phenoxy) is 10. The van der Waals surface area contributed by atoms with Gasteiger partial charge in [0.1, 0.15) is 35.9 Å². The highest BCUT2D eigenvalue weighted by Crippen LogP contribution is 2.47. The van der Waals surface area contributed by atoms with Crippen molar-refractivity contribution in [1.82, 2.24) is 5.32 Å². The molecule has 15 nitrogen and oxygen atoms in total. The minimum Gasteiger partial charge on any atom is -0.462 e. The summed E-state index contributed by atoms with van der Waals surface area (Å²) in [5, 5.41) is 26.3. The number of methoxy groups -OCH3 is 2. The number of aliphatic hydroxyl groups excluding tert-OH is 1. The molecule has 6 heterocycles. The van der Waals surface area contributed by atoms with Crippen molar-refractivity contribution in [2.75, 3.05) is 20.8 Å². The van der Waals surface area contributed by atoms with Gasteiger partial charge in [0.25, 0.3) is 0 Å². The molecule has 1 spiro atoms. The summed E-state index contributed by atoms with van der Waals surface area (Å²) < 4.78 is 86.6. The minimum absolute atomic E-state index is 0.00510. The Morgan fingerprint density at radius 3 is 2.42 bits per heavy atom. The number of nitrogens with one attached hydrogen (secondary N) is 1. The zero-order valence-electron chi connectivity index (χ0n) is 42.7. The zero-order chi connectivity index (χ0) is 49.5. The van der Waals surface area contributed by atoms with Gasteiger partial charge in [0, 0.05) is 62.7 Å². The van der Waals surface area contributed by atoms with Crippen LogP contribution in [-0.2, 0) is 57.0 Å². The lowest BCUT2D eigenvalue weighted by Gasteiger charge is -2.48. The Hall–Kier alpha value is -2.80. The van der Waals surface area contributed by atoms with Crippen LogP contribution in [0.15, 0.2) is 59.3 Å². The van der Waals surface area contributed by atoms with Crippen LogP contribution in [0, 0.1) is 23.7 Å². The standard InChI is InChI=1S/C50H75NO14/c1-12-26(2)45-29(5)18-19-49(65-45)24-36-21-35(64-49)17-16-28(4)44(27(3)14-13-15-34-25-58-47-43(53)30(6)20-37(48(54)61-36)50(34,47)55)62-41-23-39(57-11)46(32(8)60-41)63-40-22-38(56-10)42(31(7)59-40)51-33(9)52/h13-16,18-20,26-27,29,31-32,35-47,53,55H,12,17,21-25H2,1-11H3,(H,51,52)/t26-,27-,29-,31-,32-,35+,36-,37-,38-,39-,40-,41-,42+,43+,44-,45+,46-,47+,49+,50+/m0/s1/i9D3,33+1. The highest BCUT2D eigenvalue weighted by molar-refractivity contribution is 5.78. The van der Waals surface area contributed by atoms with Gasteiger partial charge in [-0.15, -0.1) is 0 Å². The number of hydrogen-bond acceptors (Lipinski definition) is 14. The van der Waals surface area contributed by atoms with E-state index in [1.807, 2.05) is 39.0 Å². The zero-order valence-corrected chi connectivity index (χ0v) is 39.7. The molecule has 15 heteroatoms. The van der Waals surface area contributed by atoms with Gasteiger partial charge < -0.3 is 62.9 Å². The number of amides is 1. The van der Waals surface area contributed by atoms with Gasteiger partial charge >= 0.3 is 5.97 Å². The monoisotopic (exact) mass is 918 g/mol. The van der Waals surface area contributed by atoms with Gasteiger partial charge in [-0.2, -0.15) is 0 Å². The lowest BCUT2D eigenvalue weighted by Crippen LogP contribution is -2.58. The number of aliphatic hydroxyl groups is 2. The van der Waals surface area contributed by atoms with Crippen molar-refractivity contribution in [2.45, 2.75) is 198 Å². The Labute approximate surface area is 389 Å². The predicted octanol–water partition coefficient (Wildman–Crippen LogP) is 5.52. The maximum absolute atomic E-state index is 14.4. The largest absolute Gasteiger partial charge is 0.462 e. The summed E-state index contributed by atoms with van der Waals surface area (Å²) in [4.78, 5) is 26.8. The number of hydrogen-bond donors (Lipinski definition) is 3. The van der Waals surface area contributed by atoms with Crippen molar-refractivity contribution in [3.63, 3.8) is 0 Å². The van der Waals surface area contributed by atoms with Crippen molar-refractivity contribution in [3.8, 4) is 0 Å². The van der Waals surface area contributed by atoms with Gasteiger partial charge in [0.15, 0.2) is 18.4 Å². The molecule has 0 radical (unpaired) electrons. The van der Waals surface area contributed by atoms with Crippen LogP contribution < -0.4 is 5.32 Å². The van der Waals surface area contributed by atoms with E-state index < -0.39 is 116 Å². The highest BCUT2D eigenvalue weighted by atomic mass is 16.7. The quantitative estimate of drug-likeness (QED) is 0.150. The number of fused-ring (bicyclic) bond motifs is 2. The topological polar surface area (TPSA) is 179 Å². The summed E-state index contributed by atoms with van der Waals surface area (Å²) >= 11 is 0. The molecule has 2 bridgehead atoms. The average Bonchev–Trinajstić information content (AvgIpc) is 3.63. The molecule has 1 aliphatic carbocycles. The van der Waals surface area contributed by atoms with Crippen molar-refractivity contribution in [2.24, 2.45) is 23.7 Å². The maximum Gasteiger partial charge on any atom is 0.316 e. The van der Waals surface area contributed by atoms with Crippen LogP contribution in [0.2, 0.25) is 0 Å². The van der Waals surface area contributed by atoms with Crippen molar-refractivity contribution in [1.29, 1.82) is 0 Å². The van der Waals surface area contributed by atoms with E-state index in [-0.39, 0.29) is 43.3 Å². The first-order valence-corrected chi connectivity index (χ1v) is 23.6. The molecule has 6 aliphatic heterocycles. The molecule has 0 unspecified atom stereocenters. The molecule has 7 rings (SSSR count). The lowest BCUT2D eigenvalue weighted by atomic mass is 9.71. The van der Waals surface area contributed by atoms with E-state index in [1.165, 1.54) is 7.11 Å². The Kier molecular flexibility index (Phi) is 14.7. The highest BCUT2D eigenvalue weighted by Gasteiger charge is 2.60. The van der Waals surface area contributed by atoms with Gasteiger partial charge in [-0.25, -0.2) is 0 Å². The van der Waals surface area contributed by atoms with Crippen LogP contribution in [0.4, 0.5) is 0 Å². The number of carbonyl (C=O) groups excluding carboxylic acids is 2. The summed E-state index contributed by atoms with van der Waals surface area (Å²) in [6.07, 6.45) is 7.77. The van der Waals surface area contributed by atoms with E-state index in [0.717, 1.165) is 12.0 Å². The molecule has 3 N–H and O–H groups in total. The fraction of sp³-hybridized carbons (Fsp3) is 0.760. The molecule has 7 aliphatic rings. The fourth-order valence-electron chi connectivity index (χ4n) is 10.9. The van der Waals surface area contributed by atoms with E-state index in [1.54, 1.807) is 33.1 Å². The third kappa shape index (κ3) is 10.6. The van der Waals surface area contributed by atoms with E-state index in [9.17, 15) is 19.8 Å². The van der Waals surface area contributed by atoms with Crippen molar-refractivity contribution in [3.05, 3.63) is 59.3 Å². The third-order valence-corrected chi connectivity index (χ3v) is 14.8. The second kappa shape index (κ2) is 20.8. The average molecular weight is 918 g/mol. The minimum atomic E-state index is -2.82. The predicted molar refractivity (Wildman–Crippen MR) is 239 cm³/mol. The lowest BCUT2D eigenvalue weighted by molar-refractivity contribution is -0.311. The van der Waals surface area contributed by atoms with E-state index in [2.05, 4.69) is 38.2 Å². The molecule has 0 aromatic carbocycles. The molecular formula is C50H75NO14. The summed E-state index contributed by atoms with van der Waals surface area (Å²) in [7, 11) is 3.10. The Balaban J connectivity index is 1.14. The first-order chi connectivity index (χ1) is 32.1. The van der Waals surface area contributed by atoms with Gasteiger partial charge in [-0.3, -0.25) is 9.59 Å². The van der Waals surface area contributed by atoms with Crippen LogP contribution >= 0.6 is 0 Å². The number of rotatable bonds is 9. The SMILES string of the molecule is [2H]C([2H])([2H])[13C](=O)N[C@@H]1[C@H](C)O[C@@H](O[C@H]2[C@H](C)O[C@@H](O[C@@H]3C(C)=CC[C@@H]4C[C@@H](C[C@]5(C=C[C@H](C)[C@@H]([C@@H](C)CC)O5)O4)OC(=O)[C@@H]4C=C(C)[C@@H](O)[C@H]5OCC(=CC=C[C@@H]3C)[C@]54O)C[C@@H]2OC)C[C@@H]1OC. The second-order valence-electron chi connectivity index (χ2n) is 19.5. The third-order valence-electron chi connectivity index (χ3n) is 14.8. The normalized spacial score (nSPS) is 46.1. The number of allylic oxidation sites excluding steroid dienone is 2. The molecule has 65 heavy (non-hydrogen) atoms. The number of esters is 1. The molecule has 1 amide bonds. The molecule has 0 saturated carbocycles. The van der Waals surface area contributed by atoms with Crippen molar-refractivity contribution < 1.29 is 71.3 Å². The summed E-state index contributed by atoms with van der Waals surface area (Å²) in [6.45, 7) is 13.0. The first-order valence-electron chi connectivity index (χ1n) is 25.1. The Morgan fingerprint density at radius 2 is 1.69 bits per heavy atom. The molecule has 0 aromatic rings. The van der Waals surface area contributed by atoms with Gasteiger partial charge in [0.2, 0.25) is 5.91 Å². The number of carbonyl (C=O) groups is 2. The van der Waals surface area contributed by atoms with Crippen LogP contribution in [0.3, 0.4) is 0 Å². The molecule has 4 saturated heterocycles. The van der Waals surface area contributed by atoms with Gasteiger partial charge in [-0.05, 0) is 62.8 Å². The van der Waals surface area contributed by atoms with Crippen LogP contribution in [0.1, 0.15) is 105 Å². The Bertz CT molecular complexity index is 1960. The maximum atomic E-state index is 14.4. The molecule has 0 aromatic heterocycles. The smallest absolute Gasteiger partial charge is 0.316 e. The molecule has 20 atom stereocenters. The summed E-state index contributed by atoms with van der Waals surface area (Å²) in [5.74, 6) is -3.81. The molecule has 364 valence electrons. The van der Waals surface area contributed by atoms with E-state index in [0.29, 0.717) is 30.4 Å². The van der Waals surface area contributed by atoms with E-state index in [4.69, 9.17) is 51.5 Å².